The number of hydrogen-bond donors (Lipinski definition) is 3. The first kappa shape index (κ1) is 7.81. The van der Waals surface area contributed by atoms with Gasteiger partial charge >= 0.3 is 5.97 Å². The second-order valence-corrected chi connectivity index (χ2v) is 2.62. The molecular formula is C7H10N2O2. The second kappa shape index (κ2) is 2.39. The van der Waals surface area contributed by atoms with E-state index < -0.39 is 11.5 Å². The van der Waals surface area contributed by atoms with Crippen molar-refractivity contribution in [3.8, 4) is 0 Å². The van der Waals surface area contributed by atoms with Crippen LogP contribution in [0.5, 0.6) is 0 Å². The number of allylic oxidation sites excluding steroid dienone is 2. The summed E-state index contributed by atoms with van der Waals surface area (Å²) in [5.41, 5.74) is 10.1. The highest BCUT2D eigenvalue weighted by Crippen LogP contribution is 2.17. The molecule has 0 saturated carbocycles. The van der Waals surface area contributed by atoms with Crippen LogP contribution in [-0.2, 0) is 4.79 Å². The van der Waals surface area contributed by atoms with Crippen LogP contribution in [0.1, 0.15) is 6.42 Å². The van der Waals surface area contributed by atoms with Crippen LogP contribution in [0, 0.1) is 0 Å². The molecule has 5 N–H and O–H groups in total. The molecule has 0 spiro atoms. The first-order valence-corrected chi connectivity index (χ1v) is 3.21. The maximum Gasteiger partial charge on any atom is 0.328 e. The van der Waals surface area contributed by atoms with Gasteiger partial charge in [-0.2, -0.15) is 0 Å². The van der Waals surface area contributed by atoms with E-state index in [0.717, 1.165) is 0 Å². The predicted octanol–water partition coefficient (Wildman–Crippen LogP) is -0.429. The Morgan fingerprint density at radius 2 is 2.36 bits per heavy atom. The zero-order valence-corrected chi connectivity index (χ0v) is 5.95. The molecule has 60 valence electrons. The van der Waals surface area contributed by atoms with Gasteiger partial charge in [0, 0.05) is 12.1 Å². The van der Waals surface area contributed by atoms with E-state index in [2.05, 4.69) is 0 Å². The minimum absolute atomic E-state index is 0.179. The van der Waals surface area contributed by atoms with Crippen LogP contribution in [-0.4, -0.2) is 16.6 Å². The summed E-state index contributed by atoms with van der Waals surface area (Å²) in [6, 6.07) is 0. The number of hydrogen-bond acceptors (Lipinski definition) is 3. The summed E-state index contributed by atoms with van der Waals surface area (Å²) in [7, 11) is 0. The van der Waals surface area contributed by atoms with Crippen molar-refractivity contribution in [2.24, 2.45) is 11.5 Å². The zero-order valence-electron chi connectivity index (χ0n) is 5.95. The highest BCUT2D eigenvalue weighted by atomic mass is 16.4. The Hall–Kier alpha value is -1.29. The first-order chi connectivity index (χ1) is 5.04. The molecule has 4 heteroatoms. The molecule has 1 aliphatic rings. The van der Waals surface area contributed by atoms with Gasteiger partial charge in [-0.1, -0.05) is 12.2 Å². The van der Waals surface area contributed by atoms with Crippen molar-refractivity contribution in [1.29, 1.82) is 0 Å². The lowest BCUT2D eigenvalue weighted by Gasteiger charge is -2.22. The topological polar surface area (TPSA) is 89.3 Å². The Morgan fingerprint density at radius 1 is 1.73 bits per heavy atom. The molecule has 4 nitrogen and oxygen atoms in total. The van der Waals surface area contributed by atoms with Gasteiger partial charge in [0.05, 0.1) is 0 Å². The van der Waals surface area contributed by atoms with E-state index in [-0.39, 0.29) is 6.42 Å². The highest BCUT2D eigenvalue weighted by Gasteiger charge is 2.32. The lowest BCUT2D eigenvalue weighted by Crippen LogP contribution is -2.47. The number of nitrogens with two attached hydrogens (primary N) is 2. The third-order valence-corrected chi connectivity index (χ3v) is 1.60. The SMILES string of the molecule is NC1=CC=CC(N)(C(=O)O)C1. The monoisotopic (exact) mass is 154 g/mol. The number of carboxylic acid groups (broad SMARTS) is 1. The Labute approximate surface area is 64.2 Å². The fourth-order valence-electron chi connectivity index (χ4n) is 0.946. The van der Waals surface area contributed by atoms with Crippen molar-refractivity contribution in [1.82, 2.24) is 0 Å². The Bertz CT molecular complexity index is 245. The van der Waals surface area contributed by atoms with Gasteiger partial charge in [-0.15, -0.1) is 0 Å². The fraction of sp³-hybridized carbons (Fsp3) is 0.286. The Balaban J connectivity index is 2.86. The molecular weight excluding hydrogens is 144 g/mol. The van der Waals surface area contributed by atoms with Crippen LogP contribution in [0.25, 0.3) is 0 Å². The molecule has 11 heavy (non-hydrogen) atoms. The zero-order chi connectivity index (χ0) is 8.48. The lowest BCUT2D eigenvalue weighted by molar-refractivity contribution is -0.141. The number of carboxylic acids is 1. The molecule has 1 rings (SSSR count). The molecule has 1 aliphatic carbocycles. The van der Waals surface area contributed by atoms with Gasteiger partial charge in [-0.25, -0.2) is 4.79 Å². The average molecular weight is 154 g/mol. The van der Waals surface area contributed by atoms with Crippen LogP contribution < -0.4 is 11.5 Å². The van der Waals surface area contributed by atoms with Crippen molar-refractivity contribution in [2.45, 2.75) is 12.0 Å². The van der Waals surface area contributed by atoms with Crippen LogP contribution in [0.3, 0.4) is 0 Å². The fourth-order valence-corrected chi connectivity index (χ4v) is 0.946. The smallest absolute Gasteiger partial charge is 0.328 e. The van der Waals surface area contributed by atoms with E-state index in [1.807, 2.05) is 0 Å². The molecule has 0 bridgehead atoms. The minimum Gasteiger partial charge on any atom is -0.480 e. The van der Waals surface area contributed by atoms with E-state index in [0.29, 0.717) is 5.70 Å². The first-order valence-electron chi connectivity index (χ1n) is 3.21. The molecule has 0 heterocycles. The number of aliphatic carboxylic acids is 1. The van der Waals surface area contributed by atoms with Gasteiger partial charge in [0.1, 0.15) is 5.54 Å². The Morgan fingerprint density at radius 3 is 2.73 bits per heavy atom. The average Bonchev–Trinajstić information content (AvgIpc) is 1.86. The molecule has 0 amide bonds. The predicted molar refractivity (Wildman–Crippen MR) is 40.6 cm³/mol. The summed E-state index contributed by atoms with van der Waals surface area (Å²) in [5.74, 6) is -1.05. The highest BCUT2D eigenvalue weighted by molar-refractivity contribution is 5.82. The van der Waals surface area contributed by atoms with E-state index in [9.17, 15) is 4.79 Å². The van der Waals surface area contributed by atoms with E-state index in [1.165, 1.54) is 6.08 Å². The number of rotatable bonds is 1. The molecule has 0 aromatic heterocycles. The summed E-state index contributed by atoms with van der Waals surface area (Å²) < 4.78 is 0. The van der Waals surface area contributed by atoms with Gasteiger partial charge < -0.3 is 16.6 Å². The molecule has 1 unspecified atom stereocenters. The number of carbonyl (C=O) groups is 1. The van der Waals surface area contributed by atoms with Crippen molar-refractivity contribution < 1.29 is 9.90 Å². The van der Waals surface area contributed by atoms with Crippen molar-refractivity contribution >= 4 is 5.97 Å². The van der Waals surface area contributed by atoms with Gasteiger partial charge in [0.15, 0.2) is 0 Å². The summed E-state index contributed by atoms with van der Waals surface area (Å²) in [5, 5.41) is 8.66. The molecule has 1 atom stereocenters. The van der Waals surface area contributed by atoms with E-state index >= 15 is 0 Å². The van der Waals surface area contributed by atoms with E-state index in [1.54, 1.807) is 12.2 Å². The third-order valence-electron chi connectivity index (χ3n) is 1.60. The standard InChI is InChI=1S/C7H10N2O2/c8-5-2-1-3-7(9,4-5)6(10)11/h1-3H,4,8-9H2,(H,10,11). The van der Waals surface area contributed by atoms with Gasteiger partial charge in [0.2, 0.25) is 0 Å². The molecule has 0 aromatic carbocycles. The van der Waals surface area contributed by atoms with Crippen molar-refractivity contribution in [2.75, 3.05) is 0 Å². The van der Waals surface area contributed by atoms with Crippen LogP contribution >= 0.6 is 0 Å². The summed E-state index contributed by atoms with van der Waals surface area (Å²) in [6.45, 7) is 0. The Kier molecular flexibility index (Phi) is 1.70. The van der Waals surface area contributed by atoms with Gasteiger partial charge in [0.25, 0.3) is 0 Å². The maximum absolute atomic E-state index is 10.6. The molecule has 0 aromatic rings. The van der Waals surface area contributed by atoms with E-state index in [4.69, 9.17) is 16.6 Å². The summed E-state index contributed by atoms with van der Waals surface area (Å²) in [6.07, 6.45) is 4.82. The quantitative estimate of drug-likeness (QED) is 0.478. The largest absolute Gasteiger partial charge is 0.480 e. The second-order valence-electron chi connectivity index (χ2n) is 2.62. The minimum atomic E-state index is -1.31. The lowest BCUT2D eigenvalue weighted by atomic mass is 9.91. The van der Waals surface area contributed by atoms with Crippen molar-refractivity contribution in [3.63, 3.8) is 0 Å². The van der Waals surface area contributed by atoms with Crippen LogP contribution in [0.2, 0.25) is 0 Å². The van der Waals surface area contributed by atoms with Crippen LogP contribution in [0.4, 0.5) is 0 Å². The molecule has 0 aliphatic heterocycles. The van der Waals surface area contributed by atoms with Gasteiger partial charge in [-0.3, -0.25) is 0 Å². The summed E-state index contributed by atoms with van der Waals surface area (Å²) >= 11 is 0. The third kappa shape index (κ3) is 1.40. The summed E-state index contributed by atoms with van der Waals surface area (Å²) in [4.78, 5) is 10.6. The molecule has 0 saturated heterocycles. The molecule has 0 radical (unpaired) electrons. The normalized spacial score (nSPS) is 29.7. The van der Waals surface area contributed by atoms with Crippen molar-refractivity contribution in [3.05, 3.63) is 23.9 Å². The maximum atomic E-state index is 10.6. The molecule has 0 fully saturated rings. The van der Waals surface area contributed by atoms with Crippen LogP contribution in [0.15, 0.2) is 23.9 Å². The van der Waals surface area contributed by atoms with Gasteiger partial charge in [-0.05, 0) is 6.08 Å².